The molecule has 3 atom stereocenters. The Kier molecular flexibility index (Phi) is 9.28. The molecule has 0 saturated heterocycles. The van der Waals surface area contributed by atoms with Crippen LogP contribution in [0, 0.1) is 0 Å². The minimum atomic E-state index is -4.62. The fourth-order valence-corrected chi connectivity index (χ4v) is 4.48. The van der Waals surface area contributed by atoms with Crippen molar-refractivity contribution in [2.24, 2.45) is 0 Å². The van der Waals surface area contributed by atoms with Crippen LogP contribution in [0.2, 0.25) is 0 Å². The van der Waals surface area contributed by atoms with Gasteiger partial charge in [-0.25, -0.2) is 4.79 Å². The minimum Gasteiger partial charge on any atom is -0.436 e. The molecule has 40 heavy (non-hydrogen) atoms. The van der Waals surface area contributed by atoms with Gasteiger partial charge in [-0.15, -0.1) is 0 Å². The maximum absolute atomic E-state index is 13.0. The summed E-state index contributed by atoms with van der Waals surface area (Å²) in [4.78, 5) is 26.5. The third-order valence-corrected chi connectivity index (χ3v) is 6.39. The van der Waals surface area contributed by atoms with E-state index >= 15 is 0 Å². The summed E-state index contributed by atoms with van der Waals surface area (Å²) in [6.45, 7) is 0.599. The van der Waals surface area contributed by atoms with Crippen LogP contribution in [-0.4, -0.2) is 55.3 Å². The molecular weight excluding hydrogens is 527 g/mol. The van der Waals surface area contributed by atoms with Gasteiger partial charge >= 0.3 is 12.3 Å². The number of nitrogens with zero attached hydrogens (tertiary/aromatic N) is 1. The van der Waals surface area contributed by atoms with Gasteiger partial charge in [0.15, 0.2) is 12.3 Å². The monoisotopic (exact) mass is 557 g/mol. The number of hydrogen-bond donors (Lipinski definition) is 3. The number of para-hydroxylation sites is 1. The molecule has 1 unspecified atom stereocenters. The summed E-state index contributed by atoms with van der Waals surface area (Å²) >= 11 is 0. The highest BCUT2D eigenvalue weighted by Crippen LogP contribution is 2.41. The second kappa shape index (κ2) is 12.8. The molecule has 212 valence electrons. The number of carbonyl (C=O) groups excluding carboxylic acids is 2. The van der Waals surface area contributed by atoms with E-state index in [1.54, 1.807) is 22.3 Å². The van der Waals surface area contributed by atoms with E-state index in [9.17, 15) is 27.9 Å². The fourth-order valence-electron chi connectivity index (χ4n) is 4.48. The molecule has 11 heteroatoms. The van der Waals surface area contributed by atoms with Crippen molar-refractivity contribution in [3.63, 3.8) is 0 Å². The summed E-state index contributed by atoms with van der Waals surface area (Å²) in [6, 6.07) is 23.5. The Morgan fingerprint density at radius 2 is 1.62 bits per heavy atom. The molecule has 3 aromatic carbocycles. The third kappa shape index (κ3) is 7.30. The molecule has 1 aliphatic heterocycles. The van der Waals surface area contributed by atoms with E-state index in [-0.39, 0.29) is 13.2 Å². The molecular formula is C29H30F3N3O5. The average molecular weight is 558 g/mol. The topological polar surface area (TPSA) is 100 Å². The molecule has 0 aliphatic carbocycles. The van der Waals surface area contributed by atoms with Crippen LogP contribution >= 0.6 is 0 Å². The van der Waals surface area contributed by atoms with Crippen molar-refractivity contribution in [2.75, 3.05) is 24.6 Å². The lowest BCUT2D eigenvalue weighted by atomic mass is 9.95. The lowest BCUT2D eigenvalue weighted by Crippen LogP contribution is -2.49. The molecule has 0 saturated carbocycles. The quantitative estimate of drug-likeness (QED) is 0.334. The standard InChI is InChI=1S/C29H30F3N3O5/c1-19(40-28(38)33-18-29(30,31)32)26(36)34-25-23-13-6-5-11-21(23)22-12-7-8-14-24(22)35(27(25)37)15-16-39-17-20-9-3-2-4-10-20/h2-14,19,25,27,37H,15-18H2,1H3,(H,33,38)(H,34,36)/t19-,25-,27?/m0/s1. The maximum Gasteiger partial charge on any atom is 0.408 e. The highest BCUT2D eigenvalue weighted by Gasteiger charge is 2.36. The zero-order chi connectivity index (χ0) is 28.7. The Labute approximate surface area is 229 Å². The Balaban J connectivity index is 1.52. The van der Waals surface area contributed by atoms with Crippen LogP contribution in [0.4, 0.5) is 23.7 Å². The number of fused-ring (bicyclic) bond motifs is 3. The van der Waals surface area contributed by atoms with Gasteiger partial charge in [-0.2, -0.15) is 13.2 Å². The number of amides is 2. The van der Waals surface area contributed by atoms with Gasteiger partial charge in [0.2, 0.25) is 0 Å². The number of carbonyl (C=O) groups is 2. The summed E-state index contributed by atoms with van der Waals surface area (Å²) in [5.74, 6) is -0.785. The summed E-state index contributed by atoms with van der Waals surface area (Å²) in [7, 11) is 0. The summed E-state index contributed by atoms with van der Waals surface area (Å²) in [5.41, 5.74) is 3.99. The Bertz CT molecular complexity index is 1310. The number of halogens is 3. The fraction of sp³-hybridized carbons (Fsp3) is 0.310. The second-order valence-corrected chi connectivity index (χ2v) is 9.25. The minimum absolute atomic E-state index is 0.274. The number of rotatable bonds is 9. The van der Waals surface area contributed by atoms with Crippen molar-refractivity contribution in [1.82, 2.24) is 10.6 Å². The van der Waals surface area contributed by atoms with E-state index in [0.29, 0.717) is 12.2 Å². The van der Waals surface area contributed by atoms with Crippen molar-refractivity contribution in [3.05, 3.63) is 90.0 Å². The van der Waals surface area contributed by atoms with Gasteiger partial charge in [0.25, 0.3) is 5.91 Å². The van der Waals surface area contributed by atoms with Gasteiger partial charge in [0, 0.05) is 17.8 Å². The van der Waals surface area contributed by atoms with Gasteiger partial charge in [-0.05, 0) is 29.7 Å². The van der Waals surface area contributed by atoms with Crippen molar-refractivity contribution in [2.45, 2.75) is 38.1 Å². The molecule has 3 N–H and O–H groups in total. The number of hydrogen-bond acceptors (Lipinski definition) is 6. The van der Waals surface area contributed by atoms with Crippen molar-refractivity contribution < 1.29 is 37.3 Å². The first-order valence-corrected chi connectivity index (χ1v) is 12.7. The van der Waals surface area contributed by atoms with Crippen LogP contribution in [-0.2, 0) is 20.9 Å². The number of alkyl halides is 3. The average Bonchev–Trinajstić information content (AvgIpc) is 3.03. The summed E-state index contributed by atoms with van der Waals surface area (Å²) < 4.78 is 47.9. The van der Waals surface area contributed by atoms with E-state index in [0.717, 1.165) is 22.4 Å². The third-order valence-electron chi connectivity index (χ3n) is 6.39. The molecule has 0 fully saturated rings. The zero-order valence-corrected chi connectivity index (χ0v) is 21.7. The lowest BCUT2D eigenvalue weighted by Gasteiger charge is -2.34. The largest absolute Gasteiger partial charge is 0.436 e. The van der Waals surface area contributed by atoms with Crippen LogP contribution in [0.5, 0.6) is 0 Å². The van der Waals surface area contributed by atoms with Gasteiger partial charge in [-0.1, -0.05) is 72.8 Å². The molecule has 4 rings (SSSR count). The normalized spacial score (nSPS) is 17.2. The number of nitrogens with one attached hydrogen (secondary N) is 2. The molecule has 0 radical (unpaired) electrons. The van der Waals surface area contributed by atoms with Crippen molar-refractivity contribution >= 4 is 17.7 Å². The predicted octanol–water partition coefficient (Wildman–Crippen LogP) is 4.54. The molecule has 3 aromatic rings. The van der Waals surface area contributed by atoms with Crippen LogP contribution in [0.3, 0.4) is 0 Å². The molecule has 2 amide bonds. The number of aliphatic hydroxyl groups excluding tert-OH is 1. The molecule has 0 aromatic heterocycles. The van der Waals surface area contributed by atoms with Gasteiger partial charge in [0.05, 0.1) is 19.3 Å². The molecule has 0 bridgehead atoms. The molecule has 8 nitrogen and oxygen atoms in total. The number of aliphatic hydroxyl groups is 1. The number of alkyl carbamates (subject to hydrolysis) is 1. The first-order chi connectivity index (χ1) is 19.1. The molecule has 1 heterocycles. The van der Waals surface area contributed by atoms with Crippen LogP contribution < -0.4 is 15.5 Å². The highest BCUT2D eigenvalue weighted by atomic mass is 19.4. The maximum atomic E-state index is 13.0. The lowest BCUT2D eigenvalue weighted by molar-refractivity contribution is -0.131. The van der Waals surface area contributed by atoms with Crippen molar-refractivity contribution in [1.29, 1.82) is 0 Å². The second-order valence-electron chi connectivity index (χ2n) is 9.25. The zero-order valence-electron chi connectivity index (χ0n) is 21.7. The highest BCUT2D eigenvalue weighted by molar-refractivity contribution is 5.86. The Morgan fingerprint density at radius 1 is 0.975 bits per heavy atom. The predicted molar refractivity (Wildman–Crippen MR) is 142 cm³/mol. The molecule has 0 spiro atoms. The first-order valence-electron chi connectivity index (χ1n) is 12.7. The van der Waals surface area contributed by atoms with E-state index in [1.807, 2.05) is 66.7 Å². The van der Waals surface area contributed by atoms with Crippen molar-refractivity contribution in [3.8, 4) is 11.1 Å². The van der Waals surface area contributed by atoms with Crippen LogP contribution in [0.1, 0.15) is 24.1 Å². The van der Waals surface area contributed by atoms with Crippen LogP contribution in [0.15, 0.2) is 78.9 Å². The van der Waals surface area contributed by atoms with Crippen LogP contribution in [0.25, 0.3) is 11.1 Å². The van der Waals surface area contributed by atoms with E-state index in [4.69, 9.17) is 9.47 Å². The van der Waals surface area contributed by atoms with E-state index < -0.39 is 43.1 Å². The first kappa shape index (κ1) is 28.9. The summed E-state index contributed by atoms with van der Waals surface area (Å²) in [5, 5.41) is 15.9. The molecule has 1 aliphatic rings. The number of anilines is 1. The van der Waals surface area contributed by atoms with E-state index in [2.05, 4.69) is 5.32 Å². The van der Waals surface area contributed by atoms with Gasteiger partial charge in [0.1, 0.15) is 6.54 Å². The Hall–Kier alpha value is -4.09. The number of ether oxygens (including phenoxy) is 2. The van der Waals surface area contributed by atoms with Gasteiger partial charge < -0.3 is 30.1 Å². The number of benzene rings is 3. The summed E-state index contributed by atoms with van der Waals surface area (Å²) in [6.07, 6.45) is -8.69. The smallest absolute Gasteiger partial charge is 0.408 e. The van der Waals surface area contributed by atoms with Gasteiger partial charge in [-0.3, -0.25) is 4.79 Å². The Morgan fingerprint density at radius 3 is 2.35 bits per heavy atom. The SMILES string of the molecule is C[C@H](OC(=O)NCC(F)(F)F)C(=O)N[C@H]1c2ccccc2-c2ccccc2N(CCOCc2ccccc2)C1O. The van der Waals surface area contributed by atoms with E-state index in [1.165, 1.54) is 6.92 Å².